The van der Waals surface area contributed by atoms with Crippen molar-refractivity contribution in [1.82, 2.24) is 29.5 Å². The second-order valence-corrected chi connectivity index (χ2v) is 15.2. The molecule has 0 spiro atoms. The van der Waals surface area contributed by atoms with Crippen LogP contribution in [0.25, 0.3) is 107 Å². The maximum atomic E-state index is 9.52. The van der Waals surface area contributed by atoms with E-state index >= 15 is 0 Å². The van der Waals surface area contributed by atoms with Gasteiger partial charge in [-0.05, 0) is 59.7 Å². The number of hydrogen-bond donors (Lipinski definition) is 0. The highest BCUT2D eigenvalue weighted by molar-refractivity contribution is 6.10. The fraction of sp³-hybridized carbons (Fsp3) is 0. The summed E-state index contributed by atoms with van der Waals surface area (Å²) < 4.78 is 2.33. The smallest absolute Gasteiger partial charge is 0.164 e. The highest BCUT2D eigenvalue weighted by atomic mass is 15.0. The summed E-state index contributed by atoms with van der Waals surface area (Å²) in [6, 6.07) is 74.0. The van der Waals surface area contributed by atoms with E-state index in [-0.39, 0.29) is 0 Å². The third-order valence-corrected chi connectivity index (χ3v) is 11.3. The summed E-state index contributed by atoms with van der Waals surface area (Å²) in [7, 11) is 0. The summed E-state index contributed by atoms with van der Waals surface area (Å²) in [6.07, 6.45) is 0. The molecule has 63 heavy (non-hydrogen) atoms. The molecule has 0 aliphatic rings. The highest BCUT2D eigenvalue weighted by Gasteiger charge is 2.21. The quantitative estimate of drug-likeness (QED) is 0.152. The van der Waals surface area contributed by atoms with Crippen molar-refractivity contribution < 1.29 is 0 Å². The van der Waals surface area contributed by atoms with Crippen LogP contribution in [-0.4, -0.2) is 29.5 Å². The Labute approximate surface area is 364 Å². The van der Waals surface area contributed by atoms with Gasteiger partial charge in [-0.2, -0.15) is 5.26 Å². The van der Waals surface area contributed by atoms with Gasteiger partial charge in [-0.25, -0.2) is 24.9 Å². The zero-order valence-corrected chi connectivity index (χ0v) is 33.8. The lowest BCUT2D eigenvalue weighted by Crippen LogP contribution is -2.03. The van der Waals surface area contributed by atoms with Crippen molar-refractivity contribution in [3.05, 3.63) is 218 Å². The van der Waals surface area contributed by atoms with E-state index in [9.17, 15) is 5.26 Å². The van der Waals surface area contributed by atoms with Crippen LogP contribution in [0, 0.1) is 11.3 Å². The van der Waals surface area contributed by atoms with Gasteiger partial charge in [0.25, 0.3) is 0 Å². The van der Waals surface area contributed by atoms with Gasteiger partial charge in [0, 0.05) is 44.2 Å². The standard InChI is InChI=1S/C56H35N7/c57-36-37-25-27-38(28-26-37)43-29-31-46-45-23-13-14-24-50(45)63(52(46)34-43)51-32-30-44(56-61-54(41-19-9-3-10-20-41)60-55(62-56)42-21-11-4-12-22-42)33-47(51)49-35-48(39-15-5-1-6-16-39)58-53(59-49)40-17-7-2-8-18-40/h1-35H. The number of rotatable bonds is 8. The van der Waals surface area contributed by atoms with E-state index in [1.807, 2.05) is 133 Å². The third kappa shape index (κ3) is 7.08. The molecule has 0 atom stereocenters. The summed E-state index contributed by atoms with van der Waals surface area (Å²) >= 11 is 0. The van der Waals surface area contributed by atoms with E-state index in [0.717, 1.165) is 83.4 Å². The van der Waals surface area contributed by atoms with Gasteiger partial charge in [0.1, 0.15) is 0 Å². The molecule has 11 aromatic rings. The molecule has 3 heterocycles. The average molecular weight is 806 g/mol. The average Bonchev–Trinajstić information content (AvgIpc) is 3.70. The van der Waals surface area contributed by atoms with Crippen LogP contribution >= 0.6 is 0 Å². The van der Waals surface area contributed by atoms with Crippen molar-refractivity contribution >= 4 is 21.8 Å². The maximum absolute atomic E-state index is 9.52. The van der Waals surface area contributed by atoms with Crippen LogP contribution < -0.4 is 0 Å². The lowest BCUT2D eigenvalue weighted by molar-refractivity contribution is 1.07. The molecule has 0 aliphatic heterocycles. The number of aromatic nitrogens is 6. The molecular formula is C56H35N7. The molecule has 0 saturated heterocycles. The van der Waals surface area contributed by atoms with E-state index in [1.54, 1.807) is 0 Å². The number of para-hydroxylation sites is 1. The molecule has 8 aromatic carbocycles. The van der Waals surface area contributed by atoms with Crippen LogP contribution in [0.3, 0.4) is 0 Å². The highest BCUT2D eigenvalue weighted by Crippen LogP contribution is 2.40. The van der Waals surface area contributed by atoms with Crippen molar-refractivity contribution in [2.75, 3.05) is 0 Å². The van der Waals surface area contributed by atoms with E-state index in [4.69, 9.17) is 24.9 Å². The van der Waals surface area contributed by atoms with E-state index in [0.29, 0.717) is 28.9 Å². The molecular weight excluding hydrogens is 771 g/mol. The van der Waals surface area contributed by atoms with Crippen molar-refractivity contribution in [1.29, 1.82) is 5.26 Å². The number of fused-ring (bicyclic) bond motifs is 3. The number of nitrogens with zero attached hydrogens (tertiary/aromatic N) is 7. The third-order valence-electron chi connectivity index (χ3n) is 11.3. The van der Waals surface area contributed by atoms with Gasteiger partial charge in [0.05, 0.1) is 39.7 Å². The van der Waals surface area contributed by atoms with Crippen LogP contribution in [0.1, 0.15) is 5.56 Å². The Morgan fingerprint density at radius 2 is 0.810 bits per heavy atom. The van der Waals surface area contributed by atoms with E-state index in [1.165, 1.54) is 0 Å². The summed E-state index contributed by atoms with van der Waals surface area (Å²) in [5, 5.41) is 11.8. The van der Waals surface area contributed by atoms with Crippen molar-refractivity contribution in [2.24, 2.45) is 0 Å². The van der Waals surface area contributed by atoms with Crippen LogP contribution in [0.15, 0.2) is 212 Å². The van der Waals surface area contributed by atoms with Crippen LogP contribution in [0.5, 0.6) is 0 Å². The minimum absolute atomic E-state index is 0.543. The zero-order chi connectivity index (χ0) is 42.1. The minimum Gasteiger partial charge on any atom is -0.309 e. The maximum Gasteiger partial charge on any atom is 0.164 e. The van der Waals surface area contributed by atoms with Gasteiger partial charge >= 0.3 is 0 Å². The molecule has 3 aromatic heterocycles. The zero-order valence-electron chi connectivity index (χ0n) is 33.8. The van der Waals surface area contributed by atoms with Gasteiger partial charge < -0.3 is 4.57 Å². The van der Waals surface area contributed by atoms with Crippen molar-refractivity contribution in [2.45, 2.75) is 0 Å². The molecule has 0 amide bonds. The Morgan fingerprint density at radius 3 is 1.41 bits per heavy atom. The minimum atomic E-state index is 0.543. The summed E-state index contributed by atoms with van der Waals surface area (Å²) in [5.41, 5.74) is 12.6. The summed E-state index contributed by atoms with van der Waals surface area (Å²) in [4.78, 5) is 25.8. The Hall–Kier alpha value is -8.86. The van der Waals surface area contributed by atoms with Gasteiger partial charge in [0.15, 0.2) is 23.3 Å². The molecule has 0 saturated carbocycles. The Bertz CT molecular complexity index is 3370. The molecule has 7 heteroatoms. The largest absolute Gasteiger partial charge is 0.309 e. The summed E-state index contributed by atoms with van der Waals surface area (Å²) in [5.74, 6) is 2.33. The van der Waals surface area contributed by atoms with Crippen LogP contribution in [-0.2, 0) is 0 Å². The monoisotopic (exact) mass is 805 g/mol. The fourth-order valence-corrected chi connectivity index (χ4v) is 8.22. The molecule has 0 fully saturated rings. The molecule has 0 radical (unpaired) electrons. The van der Waals surface area contributed by atoms with Crippen molar-refractivity contribution in [3.63, 3.8) is 0 Å². The first-order valence-corrected chi connectivity index (χ1v) is 20.7. The summed E-state index contributed by atoms with van der Waals surface area (Å²) in [6.45, 7) is 0. The number of nitriles is 1. The van der Waals surface area contributed by atoms with Gasteiger partial charge in [0.2, 0.25) is 0 Å². The normalized spacial score (nSPS) is 11.2. The first-order valence-electron chi connectivity index (χ1n) is 20.7. The second kappa shape index (κ2) is 16.0. The predicted octanol–water partition coefficient (Wildman–Crippen LogP) is 13.3. The number of benzene rings is 8. The first kappa shape index (κ1) is 37.2. The van der Waals surface area contributed by atoms with Gasteiger partial charge in [-0.3, -0.25) is 0 Å². The lowest BCUT2D eigenvalue weighted by Gasteiger charge is -2.17. The Kier molecular flexibility index (Phi) is 9.41. The Balaban J connectivity index is 1.20. The molecule has 11 rings (SSSR count). The van der Waals surface area contributed by atoms with E-state index < -0.39 is 0 Å². The van der Waals surface area contributed by atoms with Crippen LogP contribution in [0.2, 0.25) is 0 Å². The van der Waals surface area contributed by atoms with Crippen LogP contribution in [0.4, 0.5) is 0 Å². The lowest BCUT2D eigenvalue weighted by atomic mass is 10.0. The second-order valence-electron chi connectivity index (χ2n) is 15.2. The first-order chi connectivity index (χ1) is 31.2. The molecule has 294 valence electrons. The fourth-order valence-electron chi connectivity index (χ4n) is 8.22. The Morgan fingerprint density at radius 1 is 0.333 bits per heavy atom. The van der Waals surface area contributed by atoms with Gasteiger partial charge in [-0.1, -0.05) is 164 Å². The molecule has 0 aliphatic carbocycles. The number of hydrogen-bond acceptors (Lipinski definition) is 6. The van der Waals surface area contributed by atoms with Crippen molar-refractivity contribution in [3.8, 4) is 90.9 Å². The predicted molar refractivity (Wildman–Crippen MR) is 253 cm³/mol. The SMILES string of the molecule is N#Cc1ccc(-c2ccc3c4ccccc4n(-c4ccc(-c5nc(-c6ccccc6)nc(-c6ccccc6)n5)cc4-c4cc(-c5ccccc5)nc(-c5ccccc5)n4)c3c2)cc1. The topological polar surface area (TPSA) is 93.2 Å². The van der Waals surface area contributed by atoms with E-state index in [2.05, 4.69) is 89.5 Å². The molecule has 7 nitrogen and oxygen atoms in total. The molecule has 0 bridgehead atoms. The molecule has 0 N–H and O–H groups in total. The van der Waals surface area contributed by atoms with Gasteiger partial charge in [-0.15, -0.1) is 0 Å². The molecule has 0 unspecified atom stereocenters.